The first-order chi connectivity index (χ1) is 5.56. The molecule has 0 saturated heterocycles. The van der Waals surface area contributed by atoms with E-state index in [0.29, 0.717) is 5.57 Å². The van der Waals surface area contributed by atoms with Crippen LogP contribution in [0, 0.1) is 21.4 Å². The standard InChI is InChI=1S/C8H8N2O2/c1-7(5-9)3-4-8(2)6-10(11)12/h3-4,6H,1H2,2H3/b4-3-,8-6+. The monoisotopic (exact) mass is 164 g/mol. The SMILES string of the molecule is C=C(C#N)/C=C\C(C)=C\[N+](=O)[O-]. The fraction of sp³-hybridized carbons (Fsp3) is 0.125. The Kier molecular flexibility index (Phi) is 4.09. The first kappa shape index (κ1) is 10.1. The summed E-state index contributed by atoms with van der Waals surface area (Å²) in [6.07, 6.45) is 3.75. The van der Waals surface area contributed by atoms with Crippen LogP contribution in [0.5, 0.6) is 0 Å². The van der Waals surface area contributed by atoms with Gasteiger partial charge in [0.05, 0.1) is 11.0 Å². The Balaban J connectivity index is 4.29. The lowest BCUT2D eigenvalue weighted by molar-refractivity contribution is -0.403. The van der Waals surface area contributed by atoms with Crippen molar-refractivity contribution in [3.63, 3.8) is 0 Å². The van der Waals surface area contributed by atoms with E-state index in [9.17, 15) is 10.1 Å². The Morgan fingerprint density at radius 2 is 2.25 bits per heavy atom. The zero-order valence-electron chi connectivity index (χ0n) is 6.65. The lowest BCUT2D eigenvalue weighted by atomic mass is 10.2. The molecule has 0 amide bonds. The van der Waals surface area contributed by atoms with E-state index >= 15 is 0 Å². The van der Waals surface area contributed by atoms with Crippen LogP contribution in [0.1, 0.15) is 6.92 Å². The van der Waals surface area contributed by atoms with Gasteiger partial charge in [-0.25, -0.2) is 0 Å². The van der Waals surface area contributed by atoms with E-state index in [1.807, 2.05) is 0 Å². The van der Waals surface area contributed by atoms with Gasteiger partial charge in [0, 0.05) is 11.1 Å². The Morgan fingerprint density at radius 3 is 2.67 bits per heavy atom. The van der Waals surface area contributed by atoms with E-state index in [1.54, 1.807) is 13.0 Å². The third-order valence-corrected chi connectivity index (χ3v) is 1.00. The maximum atomic E-state index is 9.93. The second-order valence-corrected chi connectivity index (χ2v) is 2.13. The van der Waals surface area contributed by atoms with Crippen molar-refractivity contribution in [2.24, 2.45) is 0 Å². The average molecular weight is 164 g/mol. The van der Waals surface area contributed by atoms with E-state index in [0.717, 1.165) is 6.20 Å². The van der Waals surface area contributed by atoms with Gasteiger partial charge in [0.15, 0.2) is 0 Å². The van der Waals surface area contributed by atoms with Gasteiger partial charge < -0.3 is 0 Å². The smallest absolute Gasteiger partial charge is 0.237 e. The largest absolute Gasteiger partial charge is 0.259 e. The van der Waals surface area contributed by atoms with Crippen LogP contribution in [0.2, 0.25) is 0 Å². The molecule has 0 aliphatic carbocycles. The molecule has 0 atom stereocenters. The van der Waals surface area contributed by atoms with Gasteiger partial charge in [-0.1, -0.05) is 12.7 Å². The molecule has 0 aromatic carbocycles. The molecular formula is C8H8N2O2. The van der Waals surface area contributed by atoms with Crippen LogP contribution in [-0.2, 0) is 0 Å². The Morgan fingerprint density at radius 1 is 1.67 bits per heavy atom. The minimum atomic E-state index is -0.547. The normalized spacial score (nSPS) is 11.2. The highest BCUT2D eigenvalue weighted by Gasteiger charge is 1.90. The molecule has 0 radical (unpaired) electrons. The summed E-state index contributed by atoms with van der Waals surface area (Å²) < 4.78 is 0. The van der Waals surface area contributed by atoms with Gasteiger partial charge in [-0.15, -0.1) is 0 Å². The Hall–Kier alpha value is -1.89. The van der Waals surface area contributed by atoms with Crippen molar-refractivity contribution in [2.45, 2.75) is 6.92 Å². The zero-order chi connectivity index (χ0) is 9.56. The number of nitriles is 1. The van der Waals surface area contributed by atoms with Crippen LogP contribution < -0.4 is 0 Å². The molecule has 4 nitrogen and oxygen atoms in total. The van der Waals surface area contributed by atoms with Gasteiger partial charge in [0.2, 0.25) is 6.20 Å². The summed E-state index contributed by atoms with van der Waals surface area (Å²) in [6.45, 7) is 4.95. The quantitative estimate of drug-likeness (QED) is 0.276. The Bertz CT molecular complexity index is 295. The molecule has 12 heavy (non-hydrogen) atoms. The summed E-state index contributed by atoms with van der Waals surface area (Å²) in [6, 6.07) is 1.80. The predicted octanol–water partition coefficient (Wildman–Crippen LogP) is 1.80. The van der Waals surface area contributed by atoms with Crippen LogP contribution in [0.4, 0.5) is 0 Å². The summed E-state index contributed by atoms with van der Waals surface area (Å²) in [5, 5.41) is 18.2. The molecule has 0 spiro atoms. The van der Waals surface area contributed by atoms with E-state index in [4.69, 9.17) is 5.26 Å². The van der Waals surface area contributed by atoms with Crippen molar-refractivity contribution in [1.82, 2.24) is 0 Å². The van der Waals surface area contributed by atoms with Crippen molar-refractivity contribution in [3.05, 3.63) is 46.2 Å². The van der Waals surface area contributed by atoms with Gasteiger partial charge in [0.25, 0.3) is 0 Å². The van der Waals surface area contributed by atoms with E-state index in [2.05, 4.69) is 6.58 Å². The van der Waals surface area contributed by atoms with Gasteiger partial charge in [0.1, 0.15) is 0 Å². The molecule has 62 valence electrons. The molecular weight excluding hydrogens is 156 g/mol. The van der Waals surface area contributed by atoms with Crippen LogP contribution in [0.3, 0.4) is 0 Å². The molecule has 0 N–H and O–H groups in total. The molecule has 0 bridgehead atoms. The van der Waals surface area contributed by atoms with Crippen molar-refractivity contribution < 1.29 is 4.92 Å². The van der Waals surface area contributed by atoms with Crippen molar-refractivity contribution in [2.75, 3.05) is 0 Å². The molecule has 0 heterocycles. The van der Waals surface area contributed by atoms with Crippen molar-refractivity contribution in [1.29, 1.82) is 5.26 Å². The number of nitrogens with zero attached hydrogens (tertiary/aromatic N) is 2. The fourth-order valence-electron chi connectivity index (χ4n) is 0.479. The van der Waals surface area contributed by atoms with Crippen LogP contribution >= 0.6 is 0 Å². The summed E-state index contributed by atoms with van der Waals surface area (Å²) in [7, 11) is 0. The number of rotatable bonds is 3. The van der Waals surface area contributed by atoms with Gasteiger partial charge in [-0.2, -0.15) is 5.26 Å². The summed E-state index contributed by atoms with van der Waals surface area (Å²) in [5.41, 5.74) is 0.738. The second kappa shape index (κ2) is 4.85. The topological polar surface area (TPSA) is 66.9 Å². The first-order valence-electron chi connectivity index (χ1n) is 3.15. The van der Waals surface area contributed by atoms with Gasteiger partial charge in [-0.05, 0) is 13.0 Å². The number of allylic oxidation sites excluding steroid dienone is 4. The first-order valence-corrected chi connectivity index (χ1v) is 3.15. The zero-order valence-corrected chi connectivity index (χ0v) is 6.65. The molecule has 0 saturated carbocycles. The molecule has 0 rings (SSSR count). The highest BCUT2D eigenvalue weighted by molar-refractivity contribution is 5.33. The number of hydrogen-bond donors (Lipinski definition) is 0. The average Bonchev–Trinajstić information content (AvgIpc) is 1.99. The van der Waals surface area contributed by atoms with Gasteiger partial charge in [-0.3, -0.25) is 10.1 Å². The lowest BCUT2D eigenvalue weighted by Crippen LogP contribution is -1.84. The number of hydrogen-bond acceptors (Lipinski definition) is 3. The van der Waals surface area contributed by atoms with E-state index < -0.39 is 4.92 Å². The van der Waals surface area contributed by atoms with Crippen molar-refractivity contribution in [3.8, 4) is 6.07 Å². The number of nitro groups is 1. The summed E-state index contributed by atoms with van der Waals surface area (Å²) >= 11 is 0. The predicted molar refractivity (Wildman–Crippen MR) is 44.6 cm³/mol. The van der Waals surface area contributed by atoms with Gasteiger partial charge >= 0.3 is 0 Å². The third kappa shape index (κ3) is 4.94. The van der Waals surface area contributed by atoms with E-state index in [1.165, 1.54) is 12.2 Å². The second-order valence-electron chi connectivity index (χ2n) is 2.13. The molecule has 0 aliphatic rings. The minimum absolute atomic E-state index is 0.270. The highest BCUT2D eigenvalue weighted by Crippen LogP contribution is 1.98. The maximum Gasteiger partial charge on any atom is 0.237 e. The lowest BCUT2D eigenvalue weighted by Gasteiger charge is -1.85. The molecule has 0 aliphatic heterocycles. The molecule has 0 fully saturated rings. The van der Waals surface area contributed by atoms with Crippen LogP contribution in [0.15, 0.2) is 36.1 Å². The summed E-state index contributed by atoms with van der Waals surface area (Å²) in [4.78, 5) is 9.38. The van der Waals surface area contributed by atoms with Crippen molar-refractivity contribution >= 4 is 0 Å². The fourth-order valence-corrected chi connectivity index (χ4v) is 0.479. The molecule has 0 aromatic heterocycles. The summed E-state index contributed by atoms with van der Waals surface area (Å²) in [5.74, 6) is 0. The van der Waals surface area contributed by atoms with E-state index in [-0.39, 0.29) is 5.57 Å². The highest BCUT2D eigenvalue weighted by atomic mass is 16.6. The van der Waals surface area contributed by atoms with Crippen LogP contribution in [0.25, 0.3) is 0 Å². The van der Waals surface area contributed by atoms with Crippen LogP contribution in [-0.4, -0.2) is 4.92 Å². The minimum Gasteiger partial charge on any atom is -0.259 e. The Labute approximate surface area is 70.3 Å². The molecule has 4 heteroatoms. The molecule has 0 unspecified atom stereocenters. The maximum absolute atomic E-state index is 9.93. The third-order valence-electron chi connectivity index (χ3n) is 1.00. The molecule has 0 aromatic rings.